The summed E-state index contributed by atoms with van der Waals surface area (Å²) in [5.41, 5.74) is 0.773. The van der Waals surface area contributed by atoms with Crippen molar-refractivity contribution in [3.05, 3.63) is 46.6 Å². The second kappa shape index (κ2) is 8.81. The van der Waals surface area contributed by atoms with E-state index in [4.69, 9.17) is 26.3 Å². The third-order valence-electron chi connectivity index (χ3n) is 4.72. The minimum atomic E-state index is -0.0317. The van der Waals surface area contributed by atoms with E-state index < -0.39 is 0 Å². The first-order valence-corrected chi connectivity index (χ1v) is 9.28. The molecule has 2 heterocycles. The normalized spacial score (nSPS) is 14.3. The van der Waals surface area contributed by atoms with Crippen LogP contribution < -0.4 is 14.8 Å². The van der Waals surface area contributed by atoms with Crippen LogP contribution in [0.2, 0.25) is 5.02 Å². The Balaban J connectivity index is 1.61. The van der Waals surface area contributed by atoms with Gasteiger partial charge < -0.3 is 19.7 Å². The molecule has 1 N–H and O–H groups in total. The van der Waals surface area contributed by atoms with Crippen LogP contribution in [0.5, 0.6) is 11.5 Å². The van der Waals surface area contributed by atoms with Gasteiger partial charge in [-0.25, -0.2) is 4.98 Å². The molecule has 2 aromatic rings. The standard InChI is InChI=1S/C20H21ClN4O3/c1-27-17-5-3-13(11-18(17)28-2)20(26)25-9-7-14(8-10-25)23-19-6-4-15(21)16(12-22)24-19/h3-6,11,14H,7-10H2,1-2H3,(H,23,24). The lowest BCUT2D eigenvalue weighted by atomic mass is 10.0. The van der Waals surface area contributed by atoms with Gasteiger partial charge in [0, 0.05) is 24.7 Å². The van der Waals surface area contributed by atoms with E-state index in [0.29, 0.717) is 41.0 Å². The molecule has 1 amide bonds. The fourth-order valence-corrected chi connectivity index (χ4v) is 3.34. The molecule has 7 nitrogen and oxygen atoms in total. The smallest absolute Gasteiger partial charge is 0.253 e. The highest BCUT2D eigenvalue weighted by atomic mass is 35.5. The van der Waals surface area contributed by atoms with E-state index in [1.54, 1.807) is 44.6 Å². The minimum absolute atomic E-state index is 0.0317. The van der Waals surface area contributed by atoms with Crippen LogP contribution in [0.3, 0.4) is 0 Å². The van der Waals surface area contributed by atoms with Crippen molar-refractivity contribution >= 4 is 23.3 Å². The van der Waals surface area contributed by atoms with Gasteiger partial charge in [-0.15, -0.1) is 0 Å². The topological polar surface area (TPSA) is 87.5 Å². The highest BCUT2D eigenvalue weighted by Crippen LogP contribution is 2.28. The predicted octanol–water partition coefficient (Wildman–Crippen LogP) is 3.34. The Morgan fingerprint density at radius 3 is 2.57 bits per heavy atom. The number of rotatable bonds is 5. The number of anilines is 1. The number of carbonyl (C=O) groups excluding carboxylic acids is 1. The summed E-state index contributed by atoms with van der Waals surface area (Å²) in [7, 11) is 3.11. The molecule has 0 radical (unpaired) electrons. The molecular formula is C20H21ClN4O3. The number of halogens is 1. The van der Waals surface area contributed by atoms with Crippen molar-refractivity contribution in [2.75, 3.05) is 32.6 Å². The molecule has 1 aliphatic heterocycles. The molecule has 1 fully saturated rings. The molecule has 1 aromatic carbocycles. The number of hydrogen-bond acceptors (Lipinski definition) is 6. The molecule has 3 rings (SSSR count). The predicted molar refractivity (Wildman–Crippen MR) is 106 cm³/mol. The monoisotopic (exact) mass is 400 g/mol. The van der Waals surface area contributed by atoms with E-state index in [1.165, 1.54) is 0 Å². The summed E-state index contributed by atoms with van der Waals surface area (Å²) < 4.78 is 10.5. The maximum Gasteiger partial charge on any atom is 0.253 e. The van der Waals surface area contributed by atoms with Crippen LogP contribution in [0, 0.1) is 11.3 Å². The Labute approximate surface area is 168 Å². The van der Waals surface area contributed by atoms with Gasteiger partial charge in [-0.1, -0.05) is 11.6 Å². The summed E-state index contributed by atoms with van der Waals surface area (Å²) >= 11 is 5.92. The number of nitrogens with one attached hydrogen (secondary N) is 1. The van der Waals surface area contributed by atoms with Crippen LogP contribution in [0.1, 0.15) is 28.9 Å². The molecule has 146 valence electrons. The van der Waals surface area contributed by atoms with Crippen molar-refractivity contribution in [2.45, 2.75) is 18.9 Å². The molecule has 8 heteroatoms. The van der Waals surface area contributed by atoms with Crippen molar-refractivity contribution < 1.29 is 14.3 Å². The van der Waals surface area contributed by atoms with Gasteiger partial charge in [-0.3, -0.25) is 4.79 Å². The summed E-state index contributed by atoms with van der Waals surface area (Å²) in [5.74, 6) is 1.71. The summed E-state index contributed by atoms with van der Waals surface area (Å²) in [6, 6.07) is 10.7. The molecule has 1 saturated heterocycles. The lowest BCUT2D eigenvalue weighted by Crippen LogP contribution is -2.42. The number of piperidine rings is 1. The first kappa shape index (κ1) is 19.8. The van der Waals surface area contributed by atoms with Gasteiger partial charge in [0.1, 0.15) is 11.9 Å². The van der Waals surface area contributed by atoms with Crippen LogP contribution in [0.25, 0.3) is 0 Å². The molecule has 0 unspecified atom stereocenters. The van der Waals surface area contributed by atoms with Gasteiger partial charge in [0.15, 0.2) is 17.2 Å². The third kappa shape index (κ3) is 4.29. The minimum Gasteiger partial charge on any atom is -0.493 e. The molecule has 0 atom stereocenters. The molecule has 0 spiro atoms. The van der Waals surface area contributed by atoms with Crippen molar-refractivity contribution in [1.82, 2.24) is 9.88 Å². The number of benzene rings is 1. The van der Waals surface area contributed by atoms with Crippen LogP contribution in [-0.2, 0) is 0 Å². The average Bonchev–Trinajstić information content (AvgIpc) is 2.74. The van der Waals surface area contributed by atoms with Crippen LogP contribution in [0.4, 0.5) is 5.82 Å². The van der Waals surface area contributed by atoms with Gasteiger partial charge in [0.2, 0.25) is 0 Å². The Morgan fingerprint density at radius 2 is 1.93 bits per heavy atom. The molecule has 0 saturated carbocycles. The molecule has 28 heavy (non-hydrogen) atoms. The highest BCUT2D eigenvalue weighted by molar-refractivity contribution is 6.31. The van der Waals surface area contributed by atoms with Crippen molar-refractivity contribution in [1.29, 1.82) is 5.26 Å². The second-order valence-corrected chi connectivity index (χ2v) is 6.83. The van der Waals surface area contributed by atoms with E-state index in [1.807, 2.05) is 11.0 Å². The third-order valence-corrected chi connectivity index (χ3v) is 5.02. The molecule has 1 aliphatic rings. The molecule has 0 bridgehead atoms. The quantitative estimate of drug-likeness (QED) is 0.828. The number of methoxy groups -OCH3 is 2. The number of likely N-dealkylation sites (tertiary alicyclic amines) is 1. The SMILES string of the molecule is COc1ccc(C(=O)N2CCC(Nc3ccc(Cl)c(C#N)n3)CC2)cc1OC. The fourth-order valence-electron chi connectivity index (χ4n) is 3.19. The Bertz CT molecular complexity index is 905. The zero-order chi connectivity index (χ0) is 20.1. The van der Waals surface area contributed by atoms with Crippen molar-refractivity contribution in [3.63, 3.8) is 0 Å². The first-order chi connectivity index (χ1) is 13.5. The number of nitrogens with zero attached hydrogens (tertiary/aromatic N) is 3. The zero-order valence-electron chi connectivity index (χ0n) is 15.7. The van der Waals surface area contributed by atoms with Crippen LogP contribution >= 0.6 is 11.6 Å². The van der Waals surface area contributed by atoms with Crippen molar-refractivity contribution in [2.24, 2.45) is 0 Å². The number of ether oxygens (including phenoxy) is 2. The number of nitriles is 1. The lowest BCUT2D eigenvalue weighted by Gasteiger charge is -2.32. The number of hydrogen-bond donors (Lipinski definition) is 1. The Kier molecular flexibility index (Phi) is 6.22. The fraction of sp³-hybridized carbons (Fsp3) is 0.350. The van der Waals surface area contributed by atoms with Crippen LogP contribution in [-0.4, -0.2) is 49.1 Å². The Morgan fingerprint density at radius 1 is 1.21 bits per heavy atom. The maximum atomic E-state index is 12.8. The van der Waals surface area contributed by atoms with Gasteiger partial charge in [0.05, 0.1) is 19.2 Å². The summed E-state index contributed by atoms with van der Waals surface area (Å²) in [4.78, 5) is 18.8. The number of aromatic nitrogens is 1. The summed E-state index contributed by atoms with van der Waals surface area (Å²) in [5, 5.41) is 12.7. The van der Waals surface area contributed by atoms with E-state index in [-0.39, 0.29) is 17.6 Å². The van der Waals surface area contributed by atoms with E-state index in [9.17, 15) is 4.79 Å². The molecule has 1 aromatic heterocycles. The van der Waals surface area contributed by atoms with E-state index in [0.717, 1.165) is 12.8 Å². The Hall–Kier alpha value is -2.98. The summed E-state index contributed by atoms with van der Waals surface area (Å²) in [6.07, 6.45) is 1.57. The first-order valence-electron chi connectivity index (χ1n) is 8.90. The number of carbonyl (C=O) groups is 1. The number of pyridine rings is 1. The van der Waals surface area contributed by atoms with E-state index >= 15 is 0 Å². The average molecular weight is 401 g/mol. The largest absolute Gasteiger partial charge is 0.493 e. The van der Waals surface area contributed by atoms with Gasteiger partial charge >= 0.3 is 0 Å². The lowest BCUT2D eigenvalue weighted by molar-refractivity contribution is 0.0718. The zero-order valence-corrected chi connectivity index (χ0v) is 16.5. The van der Waals surface area contributed by atoms with Gasteiger partial charge in [0.25, 0.3) is 5.91 Å². The highest BCUT2D eigenvalue weighted by Gasteiger charge is 2.24. The molecular weight excluding hydrogens is 380 g/mol. The van der Waals surface area contributed by atoms with Crippen molar-refractivity contribution in [3.8, 4) is 17.6 Å². The van der Waals surface area contributed by atoms with Crippen LogP contribution in [0.15, 0.2) is 30.3 Å². The molecule has 0 aliphatic carbocycles. The van der Waals surface area contributed by atoms with Gasteiger partial charge in [-0.05, 0) is 43.2 Å². The summed E-state index contributed by atoms with van der Waals surface area (Å²) in [6.45, 7) is 1.26. The van der Waals surface area contributed by atoms with E-state index in [2.05, 4.69) is 10.3 Å². The van der Waals surface area contributed by atoms with Gasteiger partial charge in [-0.2, -0.15) is 5.26 Å². The maximum absolute atomic E-state index is 12.8. The number of amides is 1. The second-order valence-electron chi connectivity index (χ2n) is 6.42.